The first-order valence-corrected chi connectivity index (χ1v) is 9.62. The predicted molar refractivity (Wildman–Crippen MR) is 105 cm³/mol. The number of ether oxygens (including phenoxy) is 1. The Bertz CT molecular complexity index is 910. The van der Waals surface area contributed by atoms with Gasteiger partial charge in [0.05, 0.1) is 16.9 Å². The Kier molecular flexibility index (Phi) is 5.23. The molecule has 0 fully saturated rings. The fourth-order valence-electron chi connectivity index (χ4n) is 2.98. The number of fused-ring (bicyclic) bond motifs is 1. The third-order valence-corrected chi connectivity index (χ3v) is 5.21. The van der Waals surface area contributed by atoms with Gasteiger partial charge < -0.3 is 10.1 Å². The largest absolute Gasteiger partial charge is 0.452 e. The van der Waals surface area contributed by atoms with Gasteiger partial charge in [-0.25, -0.2) is 4.79 Å². The number of benzene rings is 2. The molecule has 1 aliphatic heterocycles. The third kappa shape index (κ3) is 3.55. The average molecular weight is 384 g/mol. The highest BCUT2D eigenvalue weighted by atomic mass is 32.2. The second kappa shape index (κ2) is 7.44. The minimum Gasteiger partial charge on any atom is -0.452 e. The molecule has 0 aromatic heterocycles. The molecule has 2 amide bonds. The van der Waals surface area contributed by atoms with Crippen LogP contribution in [0.25, 0.3) is 0 Å². The Labute approximate surface area is 161 Å². The van der Waals surface area contributed by atoms with Gasteiger partial charge in [-0.1, -0.05) is 24.3 Å². The van der Waals surface area contributed by atoms with Crippen molar-refractivity contribution in [2.75, 3.05) is 23.1 Å². The molecular formula is C20H20N2O4S. The third-order valence-electron chi connectivity index (χ3n) is 4.41. The number of rotatable bonds is 4. The molecule has 0 radical (unpaired) electrons. The van der Waals surface area contributed by atoms with Crippen LogP contribution >= 0.6 is 11.8 Å². The molecule has 0 spiro atoms. The van der Waals surface area contributed by atoms with E-state index in [2.05, 4.69) is 5.32 Å². The second-order valence-corrected chi connectivity index (χ2v) is 7.38. The molecule has 140 valence electrons. The summed E-state index contributed by atoms with van der Waals surface area (Å²) in [6.07, 6.45) is 1.86. The summed E-state index contributed by atoms with van der Waals surface area (Å²) in [6.45, 7) is 2.86. The molecule has 7 heteroatoms. The van der Waals surface area contributed by atoms with E-state index in [1.165, 1.54) is 16.7 Å². The van der Waals surface area contributed by atoms with Crippen LogP contribution in [0.2, 0.25) is 0 Å². The number of carbonyl (C=O) groups is 3. The van der Waals surface area contributed by atoms with E-state index in [0.29, 0.717) is 16.9 Å². The molecule has 6 nitrogen and oxygen atoms in total. The quantitative estimate of drug-likeness (QED) is 0.646. The Hall–Kier alpha value is -2.80. The normalized spacial score (nSPS) is 14.9. The zero-order valence-corrected chi connectivity index (χ0v) is 16.1. The van der Waals surface area contributed by atoms with E-state index in [4.69, 9.17) is 4.74 Å². The van der Waals surface area contributed by atoms with Gasteiger partial charge >= 0.3 is 5.97 Å². The molecule has 0 unspecified atom stereocenters. The van der Waals surface area contributed by atoms with Crippen molar-refractivity contribution in [3.8, 4) is 0 Å². The van der Waals surface area contributed by atoms with Crippen molar-refractivity contribution >= 4 is 40.9 Å². The fourth-order valence-corrected chi connectivity index (χ4v) is 3.57. The van der Waals surface area contributed by atoms with E-state index in [-0.39, 0.29) is 5.91 Å². The highest BCUT2D eigenvalue weighted by molar-refractivity contribution is 7.98. The van der Waals surface area contributed by atoms with Crippen LogP contribution in [-0.4, -0.2) is 36.2 Å². The van der Waals surface area contributed by atoms with Gasteiger partial charge in [0.2, 0.25) is 5.91 Å². The van der Waals surface area contributed by atoms with Crippen LogP contribution in [0.4, 0.5) is 11.4 Å². The molecule has 0 saturated heterocycles. The van der Waals surface area contributed by atoms with Gasteiger partial charge in [-0.2, -0.15) is 0 Å². The topological polar surface area (TPSA) is 75.7 Å². The second-order valence-electron chi connectivity index (χ2n) is 6.54. The maximum atomic E-state index is 12.9. The SMILES string of the molecule is CSc1ccccc1C(=O)OCC(=O)N1c2ccccc2NC(=O)C1(C)C. The van der Waals surface area contributed by atoms with Crippen LogP contribution in [0.1, 0.15) is 24.2 Å². The number of anilines is 2. The van der Waals surface area contributed by atoms with Crippen LogP contribution in [0.5, 0.6) is 0 Å². The predicted octanol–water partition coefficient (Wildman–Crippen LogP) is 3.33. The van der Waals surface area contributed by atoms with Crippen LogP contribution in [-0.2, 0) is 14.3 Å². The van der Waals surface area contributed by atoms with Crippen LogP contribution in [0, 0.1) is 0 Å². The van der Waals surface area contributed by atoms with E-state index < -0.39 is 24.0 Å². The van der Waals surface area contributed by atoms with Crippen LogP contribution in [0.15, 0.2) is 53.4 Å². The van der Waals surface area contributed by atoms with Gasteiger partial charge in [-0.3, -0.25) is 14.5 Å². The number of amides is 2. The molecule has 0 atom stereocenters. The Balaban J connectivity index is 1.81. The average Bonchev–Trinajstić information content (AvgIpc) is 2.66. The minimum atomic E-state index is -1.10. The first-order valence-electron chi connectivity index (χ1n) is 8.40. The molecule has 0 aliphatic carbocycles. The maximum absolute atomic E-state index is 12.9. The lowest BCUT2D eigenvalue weighted by Crippen LogP contribution is -2.59. The molecule has 0 bridgehead atoms. The Morgan fingerprint density at radius 2 is 1.78 bits per heavy atom. The van der Waals surface area contributed by atoms with Gasteiger partial charge in [0.15, 0.2) is 6.61 Å². The van der Waals surface area contributed by atoms with Gasteiger partial charge in [-0.15, -0.1) is 11.8 Å². The summed E-state index contributed by atoms with van der Waals surface area (Å²) in [5.41, 5.74) is 0.436. The summed E-state index contributed by atoms with van der Waals surface area (Å²) in [7, 11) is 0. The van der Waals surface area contributed by atoms with Crippen molar-refractivity contribution in [3.63, 3.8) is 0 Å². The van der Waals surface area contributed by atoms with Gasteiger partial charge in [0.25, 0.3) is 5.91 Å². The van der Waals surface area contributed by atoms with Crippen molar-refractivity contribution in [1.29, 1.82) is 0 Å². The summed E-state index contributed by atoms with van der Waals surface area (Å²) in [6, 6.07) is 14.1. The lowest BCUT2D eigenvalue weighted by Gasteiger charge is -2.41. The van der Waals surface area contributed by atoms with Crippen molar-refractivity contribution < 1.29 is 19.1 Å². The number of hydrogen-bond donors (Lipinski definition) is 1. The molecule has 1 aliphatic rings. The zero-order chi connectivity index (χ0) is 19.6. The van der Waals surface area contributed by atoms with Crippen molar-refractivity contribution in [3.05, 3.63) is 54.1 Å². The summed E-state index contributed by atoms with van der Waals surface area (Å²) < 4.78 is 5.25. The van der Waals surface area contributed by atoms with Gasteiger partial charge in [-0.05, 0) is 44.4 Å². The molecule has 1 heterocycles. The summed E-state index contributed by atoms with van der Waals surface area (Å²) >= 11 is 1.43. The molecule has 2 aromatic carbocycles. The first kappa shape index (κ1) is 19.0. The molecule has 1 N–H and O–H groups in total. The molecule has 0 saturated carbocycles. The highest BCUT2D eigenvalue weighted by Gasteiger charge is 2.43. The molecule has 2 aromatic rings. The smallest absolute Gasteiger partial charge is 0.339 e. The van der Waals surface area contributed by atoms with E-state index >= 15 is 0 Å². The zero-order valence-electron chi connectivity index (χ0n) is 15.3. The van der Waals surface area contributed by atoms with Crippen LogP contribution < -0.4 is 10.2 Å². The molecule has 27 heavy (non-hydrogen) atoms. The van der Waals surface area contributed by atoms with Crippen molar-refractivity contribution in [2.45, 2.75) is 24.3 Å². The summed E-state index contributed by atoms with van der Waals surface area (Å²) in [5.74, 6) is -1.33. The number of hydrogen-bond acceptors (Lipinski definition) is 5. The summed E-state index contributed by atoms with van der Waals surface area (Å²) in [4.78, 5) is 39.9. The lowest BCUT2D eigenvalue weighted by molar-refractivity contribution is -0.128. The number of nitrogens with zero attached hydrogens (tertiary/aromatic N) is 1. The highest BCUT2D eigenvalue weighted by Crippen LogP contribution is 2.36. The number of esters is 1. The van der Waals surface area contributed by atoms with Gasteiger partial charge in [0.1, 0.15) is 5.54 Å². The van der Waals surface area contributed by atoms with E-state index in [1.807, 2.05) is 18.4 Å². The van der Waals surface area contributed by atoms with Crippen LogP contribution in [0.3, 0.4) is 0 Å². The number of para-hydroxylation sites is 2. The van der Waals surface area contributed by atoms with Crippen molar-refractivity contribution in [2.24, 2.45) is 0 Å². The maximum Gasteiger partial charge on any atom is 0.339 e. The fraction of sp³-hybridized carbons (Fsp3) is 0.250. The van der Waals surface area contributed by atoms with E-state index in [9.17, 15) is 14.4 Å². The van der Waals surface area contributed by atoms with Crippen molar-refractivity contribution in [1.82, 2.24) is 0 Å². The van der Waals surface area contributed by atoms with Gasteiger partial charge in [0, 0.05) is 4.90 Å². The number of carbonyl (C=O) groups excluding carboxylic acids is 3. The van der Waals surface area contributed by atoms with E-state index in [1.54, 1.807) is 50.2 Å². The van der Waals surface area contributed by atoms with E-state index in [0.717, 1.165) is 4.90 Å². The summed E-state index contributed by atoms with van der Waals surface area (Å²) in [5, 5.41) is 2.80. The molecular weight excluding hydrogens is 364 g/mol. The Morgan fingerprint density at radius 1 is 1.11 bits per heavy atom. The minimum absolute atomic E-state index is 0.298. The monoisotopic (exact) mass is 384 g/mol. The molecule has 3 rings (SSSR count). The number of nitrogens with one attached hydrogen (secondary N) is 1. The number of thioether (sulfide) groups is 1. The standard InChI is InChI=1S/C20H20N2O4S/c1-20(2)19(25)21-14-9-5-6-10-15(14)22(20)17(23)12-26-18(24)13-8-4-7-11-16(13)27-3/h4-11H,12H2,1-3H3,(H,21,25). The Morgan fingerprint density at radius 3 is 2.52 bits per heavy atom. The first-order chi connectivity index (χ1) is 12.9. The lowest BCUT2D eigenvalue weighted by atomic mass is 9.96.